The first-order valence-electron chi connectivity index (χ1n) is 5.51. The maximum atomic E-state index is 8.99. The number of thiazole rings is 1. The first-order chi connectivity index (χ1) is 8.11. The van der Waals surface area contributed by atoms with Gasteiger partial charge in [-0.3, -0.25) is 0 Å². The Morgan fingerprint density at radius 2 is 2.12 bits per heavy atom. The molecule has 0 spiro atoms. The highest BCUT2D eigenvalue weighted by molar-refractivity contribution is 7.13. The number of nitrogens with zero attached hydrogens (tertiary/aromatic N) is 1. The average molecular weight is 248 g/mol. The van der Waals surface area contributed by atoms with Gasteiger partial charge in [-0.1, -0.05) is 12.1 Å². The van der Waals surface area contributed by atoms with Crippen LogP contribution < -0.4 is 5.73 Å². The van der Waals surface area contributed by atoms with E-state index >= 15 is 0 Å². The van der Waals surface area contributed by atoms with E-state index in [4.69, 9.17) is 10.8 Å². The Balaban J connectivity index is 2.33. The summed E-state index contributed by atoms with van der Waals surface area (Å²) in [6.45, 7) is 4.11. The van der Waals surface area contributed by atoms with Gasteiger partial charge in [0, 0.05) is 10.9 Å². The zero-order chi connectivity index (χ0) is 12.4. The van der Waals surface area contributed by atoms with E-state index in [1.807, 2.05) is 5.38 Å². The van der Waals surface area contributed by atoms with Crippen molar-refractivity contribution in [3.8, 4) is 10.6 Å². The number of aliphatic hydroxyl groups excluding tert-OH is 1. The molecule has 1 atom stereocenters. The van der Waals surface area contributed by atoms with Crippen molar-refractivity contribution < 1.29 is 5.11 Å². The van der Waals surface area contributed by atoms with Crippen LogP contribution in [-0.2, 0) is 0 Å². The fourth-order valence-electron chi connectivity index (χ4n) is 1.56. The quantitative estimate of drug-likeness (QED) is 0.877. The summed E-state index contributed by atoms with van der Waals surface area (Å²) in [6, 6.07) is 5.90. The molecule has 0 bridgehead atoms. The van der Waals surface area contributed by atoms with E-state index in [-0.39, 0.29) is 12.6 Å². The van der Waals surface area contributed by atoms with Gasteiger partial charge in [0.25, 0.3) is 0 Å². The zero-order valence-corrected chi connectivity index (χ0v) is 10.8. The Morgan fingerprint density at radius 3 is 2.76 bits per heavy atom. The van der Waals surface area contributed by atoms with E-state index in [0.717, 1.165) is 16.3 Å². The van der Waals surface area contributed by atoms with Crippen LogP contribution in [0.2, 0.25) is 0 Å². The van der Waals surface area contributed by atoms with E-state index in [1.165, 1.54) is 11.1 Å². The molecule has 0 aliphatic heterocycles. The minimum absolute atomic E-state index is 0.0733. The fraction of sp³-hybridized carbons (Fsp3) is 0.308. The lowest BCUT2D eigenvalue weighted by molar-refractivity contribution is 0.266. The lowest BCUT2D eigenvalue weighted by atomic mass is 10.1. The lowest BCUT2D eigenvalue weighted by Gasteiger charge is -2.04. The lowest BCUT2D eigenvalue weighted by Crippen LogP contribution is -2.14. The minimum Gasteiger partial charge on any atom is -0.394 e. The van der Waals surface area contributed by atoms with Crippen LogP contribution in [0.4, 0.5) is 0 Å². The molecule has 0 saturated carbocycles. The number of aryl methyl sites for hydroxylation is 2. The second kappa shape index (κ2) is 4.96. The molecule has 0 aliphatic rings. The van der Waals surface area contributed by atoms with Crippen molar-refractivity contribution in [3.63, 3.8) is 0 Å². The number of aliphatic hydroxyl groups is 1. The Morgan fingerprint density at radius 1 is 1.35 bits per heavy atom. The van der Waals surface area contributed by atoms with Crippen molar-refractivity contribution in [2.75, 3.05) is 6.61 Å². The molecule has 0 radical (unpaired) electrons. The van der Waals surface area contributed by atoms with Crippen molar-refractivity contribution in [3.05, 3.63) is 40.4 Å². The summed E-state index contributed by atoms with van der Waals surface area (Å²) in [4.78, 5) is 4.46. The molecule has 3 N–H and O–H groups in total. The van der Waals surface area contributed by atoms with Crippen LogP contribution in [0.3, 0.4) is 0 Å². The van der Waals surface area contributed by atoms with Gasteiger partial charge < -0.3 is 10.8 Å². The molecule has 4 heteroatoms. The standard InChI is InChI=1S/C13H16N2OS/c1-8-3-4-10(5-9(8)2)13-15-12(7-17-13)11(14)6-16/h3-5,7,11,16H,6,14H2,1-2H3. The Hall–Kier alpha value is -1.23. The Labute approximate surface area is 105 Å². The molecule has 3 nitrogen and oxygen atoms in total. The van der Waals surface area contributed by atoms with Gasteiger partial charge in [-0.2, -0.15) is 0 Å². The average Bonchev–Trinajstić information content (AvgIpc) is 2.81. The topological polar surface area (TPSA) is 59.1 Å². The van der Waals surface area contributed by atoms with E-state index in [2.05, 4.69) is 37.0 Å². The molecule has 1 heterocycles. The molecule has 2 aromatic rings. The summed E-state index contributed by atoms with van der Waals surface area (Å²) in [5, 5.41) is 11.8. The highest BCUT2D eigenvalue weighted by atomic mass is 32.1. The monoisotopic (exact) mass is 248 g/mol. The van der Waals surface area contributed by atoms with Gasteiger partial charge in [-0.15, -0.1) is 11.3 Å². The second-order valence-electron chi connectivity index (χ2n) is 4.17. The van der Waals surface area contributed by atoms with Crippen molar-refractivity contribution >= 4 is 11.3 Å². The van der Waals surface area contributed by atoms with Gasteiger partial charge in [0.2, 0.25) is 0 Å². The van der Waals surface area contributed by atoms with Crippen LogP contribution in [0.25, 0.3) is 10.6 Å². The van der Waals surface area contributed by atoms with Crippen LogP contribution in [0.5, 0.6) is 0 Å². The molecule has 2 rings (SSSR count). The number of hydrogen-bond acceptors (Lipinski definition) is 4. The van der Waals surface area contributed by atoms with Crippen LogP contribution in [-0.4, -0.2) is 16.7 Å². The number of aromatic nitrogens is 1. The van der Waals surface area contributed by atoms with Crippen LogP contribution in [0, 0.1) is 13.8 Å². The van der Waals surface area contributed by atoms with Gasteiger partial charge in [-0.25, -0.2) is 4.98 Å². The summed E-state index contributed by atoms with van der Waals surface area (Å²) in [7, 11) is 0. The summed E-state index contributed by atoms with van der Waals surface area (Å²) in [5.41, 5.74) is 10.1. The third-order valence-corrected chi connectivity index (χ3v) is 3.76. The summed E-state index contributed by atoms with van der Waals surface area (Å²) < 4.78 is 0. The maximum Gasteiger partial charge on any atom is 0.123 e. The van der Waals surface area contributed by atoms with Crippen molar-refractivity contribution in [2.24, 2.45) is 5.73 Å². The van der Waals surface area contributed by atoms with Gasteiger partial charge >= 0.3 is 0 Å². The number of benzene rings is 1. The highest BCUT2D eigenvalue weighted by Gasteiger charge is 2.10. The van der Waals surface area contributed by atoms with E-state index in [1.54, 1.807) is 11.3 Å². The molecule has 0 aliphatic carbocycles. The zero-order valence-electron chi connectivity index (χ0n) is 9.97. The van der Waals surface area contributed by atoms with Gasteiger partial charge in [-0.05, 0) is 31.0 Å². The molecule has 90 valence electrons. The van der Waals surface area contributed by atoms with Crippen LogP contribution in [0.1, 0.15) is 22.9 Å². The highest BCUT2D eigenvalue weighted by Crippen LogP contribution is 2.27. The number of nitrogens with two attached hydrogens (primary N) is 1. The van der Waals surface area contributed by atoms with Crippen molar-refractivity contribution in [1.29, 1.82) is 0 Å². The van der Waals surface area contributed by atoms with E-state index in [9.17, 15) is 0 Å². The smallest absolute Gasteiger partial charge is 0.123 e. The van der Waals surface area contributed by atoms with Crippen molar-refractivity contribution in [2.45, 2.75) is 19.9 Å². The number of hydrogen-bond donors (Lipinski definition) is 2. The van der Waals surface area contributed by atoms with Gasteiger partial charge in [0.15, 0.2) is 0 Å². The normalized spacial score (nSPS) is 12.7. The molecule has 1 unspecified atom stereocenters. The van der Waals surface area contributed by atoms with E-state index < -0.39 is 0 Å². The molecular weight excluding hydrogens is 232 g/mol. The predicted molar refractivity (Wildman–Crippen MR) is 71.0 cm³/mol. The summed E-state index contributed by atoms with van der Waals surface area (Å²) in [6.07, 6.45) is 0. The number of rotatable bonds is 3. The van der Waals surface area contributed by atoms with Crippen molar-refractivity contribution in [1.82, 2.24) is 4.98 Å². The third-order valence-electron chi connectivity index (χ3n) is 2.85. The summed E-state index contributed by atoms with van der Waals surface area (Å²) in [5.74, 6) is 0. The Bertz CT molecular complexity index is 522. The summed E-state index contributed by atoms with van der Waals surface area (Å²) >= 11 is 1.56. The minimum atomic E-state index is -0.383. The predicted octanol–water partition coefficient (Wildman–Crippen LogP) is 2.42. The molecule has 0 saturated heterocycles. The molecule has 17 heavy (non-hydrogen) atoms. The first kappa shape index (κ1) is 12.2. The first-order valence-corrected chi connectivity index (χ1v) is 6.39. The maximum absolute atomic E-state index is 8.99. The van der Waals surface area contributed by atoms with Gasteiger partial charge in [0.1, 0.15) is 5.01 Å². The molecule has 1 aromatic heterocycles. The molecule has 1 aromatic carbocycles. The fourth-order valence-corrected chi connectivity index (χ4v) is 2.44. The van der Waals surface area contributed by atoms with Crippen LogP contribution >= 0.6 is 11.3 Å². The second-order valence-corrected chi connectivity index (χ2v) is 5.02. The largest absolute Gasteiger partial charge is 0.394 e. The third kappa shape index (κ3) is 2.54. The van der Waals surface area contributed by atoms with Gasteiger partial charge in [0.05, 0.1) is 18.3 Å². The molecule has 0 amide bonds. The Kier molecular flexibility index (Phi) is 3.57. The SMILES string of the molecule is Cc1ccc(-c2nc(C(N)CO)cs2)cc1C. The molecular formula is C13H16N2OS. The molecule has 0 fully saturated rings. The van der Waals surface area contributed by atoms with E-state index in [0.29, 0.717) is 0 Å². The van der Waals surface area contributed by atoms with Crippen LogP contribution in [0.15, 0.2) is 23.6 Å².